The Hall–Kier alpha value is -2.85. The van der Waals surface area contributed by atoms with Crippen LogP contribution in [0.5, 0.6) is 11.5 Å². The van der Waals surface area contributed by atoms with Crippen LogP contribution in [0.25, 0.3) is 6.08 Å². The summed E-state index contributed by atoms with van der Waals surface area (Å²) in [5.41, 5.74) is 1.54. The smallest absolute Gasteiger partial charge is 0.341 e. The third kappa shape index (κ3) is 5.26. The molecular weight excluding hydrogens is 442 g/mol. The van der Waals surface area contributed by atoms with E-state index < -0.39 is 21.7 Å². The molecule has 0 saturated heterocycles. The minimum atomic E-state index is -3.22. The van der Waals surface area contributed by atoms with Gasteiger partial charge >= 0.3 is 5.97 Å². The molecule has 0 aliphatic carbocycles. The van der Waals surface area contributed by atoms with Crippen molar-refractivity contribution in [2.24, 2.45) is 0 Å². The van der Waals surface area contributed by atoms with Gasteiger partial charge in [-0.3, -0.25) is 4.79 Å². The summed E-state index contributed by atoms with van der Waals surface area (Å²) in [7, 11) is -0.156. The molecule has 31 heavy (non-hydrogen) atoms. The first-order chi connectivity index (χ1) is 14.8. The van der Waals surface area contributed by atoms with Gasteiger partial charge in [-0.2, -0.15) is 0 Å². The molecule has 1 N–H and O–H groups in total. The van der Waals surface area contributed by atoms with Crippen molar-refractivity contribution in [1.29, 1.82) is 0 Å². The summed E-state index contributed by atoms with van der Waals surface area (Å²) >= 11 is 1.09. The molecule has 1 amide bonds. The lowest BCUT2D eigenvalue weighted by atomic mass is 10.1. The first-order valence-electron chi connectivity index (χ1n) is 9.51. The number of esters is 1. The van der Waals surface area contributed by atoms with Crippen LogP contribution in [0.3, 0.4) is 0 Å². The number of anilines is 1. The zero-order valence-corrected chi connectivity index (χ0v) is 19.0. The SMILES string of the molecule is CCOC(=O)c1c(NC(=O)/C=C/c2ccc(OC)cc2OC)sc2c1CCS(=O)(=O)C2. The lowest BCUT2D eigenvalue weighted by Crippen LogP contribution is -2.20. The van der Waals surface area contributed by atoms with E-state index in [1.807, 2.05) is 0 Å². The van der Waals surface area contributed by atoms with E-state index in [2.05, 4.69) is 5.32 Å². The van der Waals surface area contributed by atoms with E-state index >= 15 is 0 Å². The number of hydrogen-bond acceptors (Lipinski definition) is 8. The molecule has 1 aliphatic rings. The van der Waals surface area contributed by atoms with Crippen LogP contribution in [0, 0.1) is 0 Å². The molecular formula is C21H23NO7S2. The van der Waals surface area contributed by atoms with E-state index in [1.165, 1.54) is 13.2 Å². The Kier molecular flexibility index (Phi) is 7.01. The summed E-state index contributed by atoms with van der Waals surface area (Å²) in [5.74, 6) is -0.0636. The molecule has 10 heteroatoms. The summed E-state index contributed by atoms with van der Waals surface area (Å²) in [6, 6.07) is 5.19. The zero-order valence-electron chi connectivity index (χ0n) is 17.4. The Bertz CT molecular complexity index is 1130. The Morgan fingerprint density at radius 2 is 2.00 bits per heavy atom. The van der Waals surface area contributed by atoms with Crippen LogP contribution >= 0.6 is 11.3 Å². The molecule has 166 valence electrons. The summed E-state index contributed by atoms with van der Waals surface area (Å²) < 4.78 is 39.6. The average Bonchev–Trinajstić information content (AvgIpc) is 3.07. The highest BCUT2D eigenvalue weighted by molar-refractivity contribution is 7.90. The van der Waals surface area contributed by atoms with Gasteiger partial charge < -0.3 is 19.5 Å². The Balaban J connectivity index is 1.86. The van der Waals surface area contributed by atoms with Crippen molar-refractivity contribution in [3.05, 3.63) is 45.8 Å². The monoisotopic (exact) mass is 465 g/mol. The van der Waals surface area contributed by atoms with Gasteiger partial charge in [-0.1, -0.05) is 0 Å². The number of carbonyl (C=O) groups excluding carboxylic acids is 2. The minimum Gasteiger partial charge on any atom is -0.497 e. The second-order valence-corrected chi connectivity index (χ2v) is 9.99. The number of ether oxygens (including phenoxy) is 3. The van der Waals surface area contributed by atoms with E-state index in [-0.39, 0.29) is 35.1 Å². The molecule has 0 radical (unpaired) electrons. The molecule has 2 aromatic rings. The van der Waals surface area contributed by atoms with Gasteiger partial charge in [0.05, 0.1) is 37.9 Å². The van der Waals surface area contributed by atoms with Gasteiger partial charge in [0.1, 0.15) is 16.5 Å². The fourth-order valence-electron chi connectivity index (χ4n) is 3.21. The third-order valence-corrected chi connectivity index (χ3v) is 7.56. The van der Waals surface area contributed by atoms with E-state index in [9.17, 15) is 18.0 Å². The normalized spacial score (nSPS) is 14.7. The second-order valence-electron chi connectivity index (χ2n) is 6.70. The Morgan fingerprint density at radius 1 is 1.23 bits per heavy atom. The van der Waals surface area contributed by atoms with Crippen molar-refractivity contribution in [3.63, 3.8) is 0 Å². The number of fused-ring (bicyclic) bond motifs is 1. The highest BCUT2D eigenvalue weighted by Gasteiger charge is 2.31. The number of methoxy groups -OCH3 is 2. The van der Waals surface area contributed by atoms with Crippen molar-refractivity contribution < 1.29 is 32.2 Å². The fraction of sp³-hybridized carbons (Fsp3) is 0.333. The summed E-state index contributed by atoms with van der Waals surface area (Å²) in [5, 5.41) is 2.99. The predicted molar refractivity (Wildman–Crippen MR) is 119 cm³/mol. The maximum Gasteiger partial charge on any atom is 0.341 e. The third-order valence-electron chi connectivity index (χ3n) is 4.68. The number of amides is 1. The molecule has 8 nitrogen and oxygen atoms in total. The number of hydrogen-bond donors (Lipinski definition) is 1. The van der Waals surface area contributed by atoms with Gasteiger partial charge in [0.25, 0.3) is 0 Å². The zero-order chi connectivity index (χ0) is 22.6. The topological polar surface area (TPSA) is 108 Å². The number of rotatable bonds is 7. The van der Waals surface area contributed by atoms with Crippen molar-refractivity contribution in [3.8, 4) is 11.5 Å². The predicted octanol–water partition coefficient (Wildman–Crippen LogP) is 3.06. The average molecular weight is 466 g/mol. The first-order valence-corrected chi connectivity index (χ1v) is 12.1. The van der Waals surface area contributed by atoms with Crippen LogP contribution < -0.4 is 14.8 Å². The van der Waals surface area contributed by atoms with Gasteiger partial charge in [0, 0.05) is 22.6 Å². The molecule has 3 rings (SSSR count). The minimum absolute atomic E-state index is 0.0340. The molecule has 0 atom stereocenters. The van der Waals surface area contributed by atoms with Gasteiger partial charge in [0.15, 0.2) is 9.84 Å². The highest BCUT2D eigenvalue weighted by Crippen LogP contribution is 2.38. The molecule has 0 fully saturated rings. The van der Waals surface area contributed by atoms with E-state index in [0.29, 0.717) is 27.5 Å². The molecule has 0 saturated carbocycles. The van der Waals surface area contributed by atoms with Crippen LogP contribution in [-0.4, -0.2) is 46.9 Å². The summed E-state index contributed by atoms with van der Waals surface area (Å²) in [4.78, 5) is 25.6. The van der Waals surface area contributed by atoms with Crippen LogP contribution in [0.2, 0.25) is 0 Å². The van der Waals surface area contributed by atoms with Crippen LogP contribution in [0.4, 0.5) is 5.00 Å². The first kappa shape index (κ1) is 22.8. The molecule has 0 spiro atoms. The van der Waals surface area contributed by atoms with E-state index in [1.54, 1.807) is 38.3 Å². The lowest BCUT2D eigenvalue weighted by Gasteiger charge is -2.13. The quantitative estimate of drug-likeness (QED) is 0.494. The summed E-state index contributed by atoms with van der Waals surface area (Å²) in [6.07, 6.45) is 3.11. The molecule has 0 unspecified atom stereocenters. The van der Waals surface area contributed by atoms with Crippen LogP contribution in [0.15, 0.2) is 24.3 Å². The maximum atomic E-state index is 12.6. The number of nitrogens with one attached hydrogen (secondary N) is 1. The number of sulfone groups is 1. The van der Waals surface area contributed by atoms with Gasteiger partial charge in [-0.05, 0) is 37.1 Å². The molecule has 1 aromatic carbocycles. The van der Waals surface area contributed by atoms with Gasteiger partial charge in [-0.25, -0.2) is 13.2 Å². The number of benzene rings is 1. The largest absolute Gasteiger partial charge is 0.497 e. The fourth-order valence-corrected chi connectivity index (χ4v) is 6.25. The molecule has 0 bridgehead atoms. The lowest BCUT2D eigenvalue weighted by molar-refractivity contribution is -0.111. The van der Waals surface area contributed by atoms with Crippen molar-refractivity contribution in [2.45, 2.75) is 19.1 Å². The number of carbonyl (C=O) groups is 2. The van der Waals surface area contributed by atoms with Crippen molar-refractivity contribution in [2.75, 3.05) is 31.9 Å². The Morgan fingerprint density at radius 3 is 2.68 bits per heavy atom. The standard InChI is InChI=1S/C21H23NO7S2/c1-4-29-21(24)19-15-9-10-31(25,26)12-17(15)30-20(19)22-18(23)8-6-13-5-7-14(27-2)11-16(13)28-3/h5-8,11H,4,9-10,12H2,1-3H3,(H,22,23)/b8-6+. The molecule has 1 aliphatic heterocycles. The molecule has 1 aromatic heterocycles. The maximum absolute atomic E-state index is 12.6. The van der Waals surface area contributed by atoms with Crippen LogP contribution in [-0.2, 0) is 31.5 Å². The number of thiophene rings is 1. The highest BCUT2D eigenvalue weighted by atomic mass is 32.2. The summed E-state index contributed by atoms with van der Waals surface area (Å²) in [6.45, 7) is 1.86. The molecule has 2 heterocycles. The van der Waals surface area contributed by atoms with Crippen molar-refractivity contribution in [1.82, 2.24) is 0 Å². The van der Waals surface area contributed by atoms with E-state index in [0.717, 1.165) is 11.3 Å². The van der Waals surface area contributed by atoms with Gasteiger partial charge in [-0.15, -0.1) is 11.3 Å². The van der Waals surface area contributed by atoms with Crippen LogP contribution in [0.1, 0.15) is 33.3 Å². The second kappa shape index (κ2) is 9.52. The van der Waals surface area contributed by atoms with Gasteiger partial charge in [0.2, 0.25) is 5.91 Å². The van der Waals surface area contributed by atoms with Crippen molar-refractivity contribution >= 4 is 44.1 Å². The van der Waals surface area contributed by atoms with E-state index in [4.69, 9.17) is 14.2 Å². The Labute approximate surface area is 184 Å².